The van der Waals surface area contributed by atoms with E-state index in [0.717, 1.165) is 11.3 Å². The molecule has 0 spiro atoms. The average molecular weight is 380 g/mol. The maximum Gasteiger partial charge on any atom is 0.240 e. The van der Waals surface area contributed by atoms with Crippen molar-refractivity contribution >= 4 is 21.8 Å². The van der Waals surface area contributed by atoms with Crippen LogP contribution < -0.4 is 10.0 Å². The molecular weight excluding hydrogens is 360 g/mol. The number of nitrogens with one attached hydrogen (secondary N) is 2. The summed E-state index contributed by atoms with van der Waals surface area (Å²) in [5, 5.41) is 3.52. The van der Waals surface area contributed by atoms with Gasteiger partial charge in [0.2, 0.25) is 10.0 Å². The zero-order chi connectivity index (χ0) is 19.0. The van der Waals surface area contributed by atoms with Crippen molar-refractivity contribution in [1.29, 1.82) is 0 Å². The molecule has 6 nitrogen and oxygen atoms in total. The van der Waals surface area contributed by atoms with Crippen LogP contribution in [0.5, 0.6) is 0 Å². The van der Waals surface area contributed by atoms with Crippen LogP contribution in [0.4, 0.5) is 5.69 Å². The van der Waals surface area contributed by atoms with Crippen LogP contribution in [0.15, 0.2) is 66.0 Å². The molecule has 1 aliphatic rings. The first-order valence-corrected chi connectivity index (χ1v) is 10.1. The molecule has 0 saturated carbocycles. The number of aromatic nitrogens is 2. The Morgan fingerprint density at radius 2 is 1.96 bits per heavy atom. The van der Waals surface area contributed by atoms with Gasteiger partial charge in [-0.2, -0.15) is 0 Å². The summed E-state index contributed by atoms with van der Waals surface area (Å²) >= 11 is 0. The van der Waals surface area contributed by atoms with E-state index in [9.17, 15) is 8.42 Å². The largest absolute Gasteiger partial charge is 0.374 e. The number of aryl methyl sites for hydroxylation is 1. The van der Waals surface area contributed by atoms with Gasteiger partial charge in [0.05, 0.1) is 23.0 Å². The van der Waals surface area contributed by atoms with E-state index in [-0.39, 0.29) is 10.9 Å². The number of anilines is 1. The van der Waals surface area contributed by atoms with E-state index in [4.69, 9.17) is 0 Å². The van der Waals surface area contributed by atoms with Gasteiger partial charge in [-0.25, -0.2) is 18.1 Å². The third kappa shape index (κ3) is 3.27. The Hall–Kier alpha value is -2.90. The van der Waals surface area contributed by atoms with E-state index in [1.807, 2.05) is 29.9 Å². The summed E-state index contributed by atoms with van der Waals surface area (Å²) in [7, 11) is -0.253. The third-order valence-electron chi connectivity index (χ3n) is 4.66. The molecular formula is C20H20N4O2S. The van der Waals surface area contributed by atoms with Gasteiger partial charge < -0.3 is 9.88 Å². The summed E-state index contributed by atoms with van der Waals surface area (Å²) < 4.78 is 28.7. The van der Waals surface area contributed by atoms with Gasteiger partial charge in [0.25, 0.3) is 0 Å². The maximum absolute atomic E-state index is 12.2. The zero-order valence-corrected chi connectivity index (χ0v) is 15.9. The SMILES string of the molecule is CNS(=O)(=O)c1ccc(N[C@@H]2C=Cc3ccccc32)c(-c2cn(C)cn2)c1. The Bertz CT molecular complexity index is 1130. The summed E-state index contributed by atoms with van der Waals surface area (Å²) in [5.74, 6) is 0. The molecule has 1 atom stereocenters. The Balaban J connectivity index is 1.78. The molecule has 2 N–H and O–H groups in total. The van der Waals surface area contributed by atoms with Crippen molar-refractivity contribution in [3.05, 3.63) is 72.2 Å². The molecule has 27 heavy (non-hydrogen) atoms. The highest BCUT2D eigenvalue weighted by Gasteiger charge is 2.20. The second-order valence-corrected chi connectivity index (χ2v) is 8.34. The minimum atomic E-state index is -3.54. The fourth-order valence-electron chi connectivity index (χ4n) is 3.24. The molecule has 1 heterocycles. The monoisotopic (exact) mass is 380 g/mol. The van der Waals surface area contributed by atoms with E-state index in [1.54, 1.807) is 24.5 Å². The summed E-state index contributed by atoms with van der Waals surface area (Å²) in [6.45, 7) is 0. The maximum atomic E-state index is 12.2. The van der Waals surface area contributed by atoms with Crippen LogP contribution in [-0.2, 0) is 17.1 Å². The second-order valence-electron chi connectivity index (χ2n) is 6.45. The van der Waals surface area contributed by atoms with Gasteiger partial charge in [-0.3, -0.25) is 0 Å². The molecule has 0 saturated heterocycles. The number of imidazole rings is 1. The van der Waals surface area contributed by atoms with E-state index in [1.165, 1.54) is 18.2 Å². The summed E-state index contributed by atoms with van der Waals surface area (Å²) in [5.41, 5.74) is 4.66. The lowest BCUT2D eigenvalue weighted by molar-refractivity contribution is 0.588. The first kappa shape index (κ1) is 17.5. The van der Waals surface area contributed by atoms with Gasteiger partial charge in [-0.1, -0.05) is 36.4 Å². The molecule has 0 amide bonds. The number of rotatable bonds is 5. The summed E-state index contributed by atoms with van der Waals surface area (Å²) in [6.07, 6.45) is 7.76. The van der Waals surface area contributed by atoms with Crippen molar-refractivity contribution in [1.82, 2.24) is 14.3 Å². The van der Waals surface area contributed by atoms with Gasteiger partial charge in [0, 0.05) is 24.5 Å². The highest BCUT2D eigenvalue weighted by Crippen LogP contribution is 2.35. The second kappa shape index (κ2) is 6.68. The molecule has 0 aliphatic heterocycles. The molecule has 7 heteroatoms. The van der Waals surface area contributed by atoms with Crippen LogP contribution in [-0.4, -0.2) is 25.0 Å². The molecule has 1 aromatic heterocycles. The molecule has 3 aromatic rings. The molecule has 1 aliphatic carbocycles. The predicted molar refractivity (Wildman–Crippen MR) is 107 cm³/mol. The van der Waals surface area contributed by atoms with Crippen molar-refractivity contribution in [2.75, 3.05) is 12.4 Å². The lowest BCUT2D eigenvalue weighted by Crippen LogP contribution is -2.18. The summed E-state index contributed by atoms with van der Waals surface area (Å²) in [6, 6.07) is 13.3. The molecule has 0 fully saturated rings. The molecule has 2 aromatic carbocycles. The quantitative estimate of drug-likeness (QED) is 0.713. The lowest BCUT2D eigenvalue weighted by Gasteiger charge is -2.18. The van der Waals surface area contributed by atoms with Crippen LogP contribution in [0, 0.1) is 0 Å². The number of sulfonamides is 1. The fourth-order valence-corrected chi connectivity index (χ4v) is 4.00. The van der Waals surface area contributed by atoms with Crippen molar-refractivity contribution in [2.45, 2.75) is 10.9 Å². The van der Waals surface area contributed by atoms with E-state index < -0.39 is 10.0 Å². The average Bonchev–Trinajstić information content (AvgIpc) is 3.28. The third-order valence-corrected chi connectivity index (χ3v) is 6.07. The van der Waals surface area contributed by atoms with Gasteiger partial charge in [0.15, 0.2) is 0 Å². The van der Waals surface area contributed by atoms with E-state index >= 15 is 0 Å². The van der Waals surface area contributed by atoms with Crippen LogP contribution in [0.1, 0.15) is 17.2 Å². The number of hydrogen-bond donors (Lipinski definition) is 2. The van der Waals surface area contributed by atoms with Crippen LogP contribution in [0.2, 0.25) is 0 Å². The van der Waals surface area contributed by atoms with E-state index in [0.29, 0.717) is 5.69 Å². The number of hydrogen-bond acceptors (Lipinski definition) is 4. The van der Waals surface area contributed by atoms with E-state index in [2.05, 4.69) is 39.3 Å². The van der Waals surface area contributed by atoms with Crippen LogP contribution in [0.25, 0.3) is 17.3 Å². The van der Waals surface area contributed by atoms with Crippen molar-refractivity contribution in [2.24, 2.45) is 7.05 Å². The lowest BCUT2D eigenvalue weighted by atomic mass is 10.1. The van der Waals surface area contributed by atoms with Gasteiger partial charge in [0.1, 0.15) is 0 Å². The number of fused-ring (bicyclic) bond motifs is 1. The molecule has 138 valence electrons. The first-order valence-electron chi connectivity index (χ1n) is 8.57. The molecule has 0 unspecified atom stereocenters. The molecule has 0 radical (unpaired) electrons. The fraction of sp³-hybridized carbons (Fsp3) is 0.150. The van der Waals surface area contributed by atoms with Crippen molar-refractivity contribution in [3.8, 4) is 11.3 Å². The minimum Gasteiger partial charge on any atom is -0.374 e. The van der Waals surface area contributed by atoms with Gasteiger partial charge >= 0.3 is 0 Å². The first-order chi connectivity index (χ1) is 13.0. The molecule has 4 rings (SSSR count). The smallest absolute Gasteiger partial charge is 0.240 e. The Morgan fingerprint density at radius 1 is 1.15 bits per heavy atom. The standard InChI is InChI=1S/C20H20N4O2S/c1-21-27(25,26)15-8-10-19(17(11-15)20-12-24(2)13-22-20)23-18-9-7-14-5-3-4-6-16(14)18/h3-13,18,21,23H,1-2H3/t18-/m1/s1. The highest BCUT2D eigenvalue weighted by atomic mass is 32.2. The highest BCUT2D eigenvalue weighted by molar-refractivity contribution is 7.89. The van der Waals surface area contributed by atoms with Crippen molar-refractivity contribution < 1.29 is 8.42 Å². The normalized spacial score (nSPS) is 15.7. The number of benzene rings is 2. The summed E-state index contributed by atoms with van der Waals surface area (Å²) in [4.78, 5) is 4.61. The van der Waals surface area contributed by atoms with Gasteiger partial charge in [-0.05, 0) is 36.4 Å². The van der Waals surface area contributed by atoms with Gasteiger partial charge in [-0.15, -0.1) is 0 Å². The minimum absolute atomic E-state index is 0.0235. The zero-order valence-electron chi connectivity index (χ0n) is 15.0. The predicted octanol–water partition coefficient (Wildman–Crippen LogP) is 3.18. The Morgan fingerprint density at radius 3 is 2.70 bits per heavy atom. The molecule has 0 bridgehead atoms. The van der Waals surface area contributed by atoms with Crippen LogP contribution in [0.3, 0.4) is 0 Å². The topological polar surface area (TPSA) is 76.0 Å². The Kier molecular flexibility index (Phi) is 4.33. The van der Waals surface area contributed by atoms with Crippen LogP contribution >= 0.6 is 0 Å². The van der Waals surface area contributed by atoms with Crippen molar-refractivity contribution in [3.63, 3.8) is 0 Å². The Labute approximate surface area is 158 Å². The number of nitrogens with zero attached hydrogens (tertiary/aromatic N) is 2.